The molecule has 1 saturated heterocycles. The maximum absolute atomic E-state index is 12.5. The number of phenolic OH excluding ortho intramolecular Hbond substituents is 1. The number of halogens is 3. The van der Waals surface area contributed by atoms with Gasteiger partial charge >= 0.3 is 5.51 Å². The van der Waals surface area contributed by atoms with E-state index in [-0.39, 0.29) is 22.4 Å². The molecule has 0 bridgehead atoms. The molecule has 0 aliphatic carbocycles. The second-order valence-corrected chi connectivity index (χ2v) is 7.87. The highest BCUT2D eigenvalue weighted by Crippen LogP contribution is 2.40. The monoisotopic (exact) mass is 398 g/mol. The lowest BCUT2D eigenvalue weighted by Crippen LogP contribution is -2.39. The summed E-state index contributed by atoms with van der Waals surface area (Å²) in [6.07, 6.45) is 2.18. The van der Waals surface area contributed by atoms with E-state index >= 15 is 0 Å². The number of likely N-dealkylation sites (N-methyl/N-ethyl adjacent to an activating group) is 1. The number of phenols is 1. The van der Waals surface area contributed by atoms with E-state index < -0.39 is 5.51 Å². The molecule has 27 heavy (non-hydrogen) atoms. The summed E-state index contributed by atoms with van der Waals surface area (Å²) in [7, 11) is 2.08. The van der Waals surface area contributed by atoms with Crippen molar-refractivity contribution in [3.05, 3.63) is 29.8 Å². The summed E-state index contributed by atoms with van der Waals surface area (Å²) in [5.41, 5.74) is -2.81. The maximum atomic E-state index is 12.5. The number of aromatic nitrogens is 2. The van der Waals surface area contributed by atoms with Gasteiger partial charge in [-0.05, 0) is 74.9 Å². The number of nitrogens with one attached hydrogen (secondary N) is 1. The Morgan fingerprint density at radius 1 is 1.26 bits per heavy atom. The molecule has 1 aromatic carbocycles. The van der Waals surface area contributed by atoms with E-state index in [0.29, 0.717) is 23.1 Å². The third-order valence-corrected chi connectivity index (χ3v) is 5.14. The second kappa shape index (κ2) is 7.93. The average Bonchev–Trinajstić information content (AvgIpc) is 2.54. The summed E-state index contributed by atoms with van der Waals surface area (Å²) < 4.78 is 37.4. The molecule has 0 amide bonds. The first-order valence-corrected chi connectivity index (χ1v) is 9.41. The van der Waals surface area contributed by atoms with Crippen LogP contribution in [0.5, 0.6) is 5.75 Å². The summed E-state index contributed by atoms with van der Waals surface area (Å²) in [6.45, 7) is 3.85. The van der Waals surface area contributed by atoms with Crippen molar-refractivity contribution in [2.75, 3.05) is 25.5 Å². The number of benzene rings is 1. The van der Waals surface area contributed by atoms with Gasteiger partial charge < -0.3 is 15.3 Å². The molecule has 1 atom stereocenters. The Hall–Kier alpha value is -2.00. The highest BCUT2D eigenvalue weighted by atomic mass is 32.2. The number of hydrogen-bond donors (Lipinski definition) is 2. The topological polar surface area (TPSA) is 61.3 Å². The standard InChI is InChI=1S/C18H21F3N4OS/c1-11-8-16(22-12-4-3-7-25(2)10-12)23-24-17(11)14-6-5-13(9-15(14)26)27-18(19,20)21/h5-6,8-9,12,26H,3-4,7,10H2,1-2H3,(H,22,23). The molecule has 9 heteroatoms. The van der Waals surface area contributed by atoms with Gasteiger partial charge in [0.25, 0.3) is 0 Å². The molecule has 1 unspecified atom stereocenters. The number of nitrogens with zero attached hydrogens (tertiary/aromatic N) is 3. The molecule has 1 aliphatic heterocycles. The number of piperidine rings is 1. The van der Waals surface area contributed by atoms with Crippen LogP contribution in [0.2, 0.25) is 0 Å². The third-order valence-electron chi connectivity index (χ3n) is 4.42. The molecule has 2 N–H and O–H groups in total. The molecule has 1 aromatic heterocycles. The van der Waals surface area contributed by atoms with Gasteiger partial charge in [0.15, 0.2) is 0 Å². The minimum atomic E-state index is -4.40. The first-order valence-electron chi connectivity index (χ1n) is 8.60. The Kier molecular flexibility index (Phi) is 5.81. The van der Waals surface area contributed by atoms with Crippen molar-refractivity contribution in [1.82, 2.24) is 15.1 Å². The van der Waals surface area contributed by atoms with Crippen LogP contribution in [0.4, 0.5) is 19.0 Å². The molecule has 3 rings (SSSR count). The largest absolute Gasteiger partial charge is 0.507 e. The predicted octanol–water partition coefficient (Wildman–Crippen LogP) is 4.28. The van der Waals surface area contributed by atoms with Gasteiger partial charge in [0.2, 0.25) is 0 Å². The van der Waals surface area contributed by atoms with Gasteiger partial charge in [0.1, 0.15) is 11.6 Å². The highest BCUT2D eigenvalue weighted by molar-refractivity contribution is 8.00. The number of alkyl halides is 3. The van der Waals surface area contributed by atoms with E-state index in [0.717, 1.165) is 37.6 Å². The van der Waals surface area contributed by atoms with Crippen LogP contribution in [0.15, 0.2) is 29.2 Å². The summed E-state index contributed by atoms with van der Waals surface area (Å²) in [6, 6.07) is 5.99. The summed E-state index contributed by atoms with van der Waals surface area (Å²) in [5, 5.41) is 21.9. The lowest BCUT2D eigenvalue weighted by Gasteiger charge is -2.30. The normalized spacial score (nSPS) is 18.5. The number of rotatable bonds is 4. The zero-order chi connectivity index (χ0) is 19.6. The first kappa shape index (κ1) is 19.8. The van der Waals surface area contributed by atoms with Gasteiger partial charge in [-0.2, -0.15) is 13.2 Å². The number of hydrogen-bond acceptors (Lipinski definition) is 6. The van der Waals surface area contributed by atoms with Crippen molar-refractivity contribution < 1.29 is 18.3 Å². The molecule has 1 fully saturated rings. The molecule has 0 radical (unpaired) electrons. The average molecular weight is 398 g/mol. The molecule has 2 heterocycles. The predicted molar refractivity (Wildman–Crippen MR) is 99.9 cm³/mol. The second-order valence-electron chi connectivity index (χ2n) is 6.73. The molecule has 1 aliphatic rings. The van der Waals surface area contributed by atoms with Crippen molar-refractivity contribution in [3.8, 4) is 17.0 Å². The van der Waals surface area contributed by atoms with E-state index in [1.165, 1.54) is 12.1 Å². The summed E-state index contributed by atoms with van der Waals surface area (Å²) >= 11 is -0.265. The smallest absolute Gasteiger partial charge is 0.446 e. The van der Waals surface area contributed by atoms with Crippen LogP contribution in [0.25, 0.3) is 11.3 Å². The van der Waals surface area contributed by atoms with Crippen LogP contribution in [0.3, 0.4) is 0 Å². The van der Waals surface area contributed by atoms with Gasteiger partial charge in [-0.1, -0.05) is 0 Å². The van der Waals surface area contributed by atoms with E-state index in [2.05, 4.69) is 27.5 Å². The van der Waals surface area contributed by atoms with Crippen LogP contribution in [0.1, 0.15) is 18.4 Å². The molecule has 5 nitrogen and oxygen atoms in total. The van der Waals surface area contributed by atoms with Crippen LogP contribution in [-0.2, 0) is 0 Å². The summed E-state index contributed by atoms with van der Waals surface area (Å²) in [5.74, 6) is 0.400. The van der Waals surface area contributed by atoms with Crippen LogP contribution in [-0.4, -0.2) is 51.9 Å². The molecule has 146 valence electrons. The molecule has 2 aromatic rings. The van der Waals surface area contributed by atoms with Crippen molar-refractivity contribution >= 4 is 17.6 Å². The SMILES string of the molecule is Cc1cc(NC2CCCN(C)C2)nnc1-c1ccc(SC(F)(F)F)cc1O. The molecular formula is C18H21F3N4OS. The van der Waals surface area contributed by atoms with E-state index in [1.54, 1.807) is 0 Å². The third kappa shape index (κ3) is 5.26. The van der Waals surface area contributed by atoms with Crippen molar-refractivity contribution in [2.45, 2.75) is 36.2 Å². The number of anilines is 1. The Bertz CT molecular complexity index is 816. The van der Waals surface area contributed by atoms with Gasteiger partial charge in [0.05, 0.1) is 5.69 Å². The molecule has 0 saturated carbocycles. The molecular weight excluding hydrogens is 377 g/mol. The molecule has 0 spiro atoms. The zero-order valence-electron chi connectivity index (χ0n) is 15.0. The van der Waals surface area contributed by atoms with Gasteiger partial charge in [0, 0.05) is 23.0 Å². The number of aromatic hydroxyl groups is 1. The quantitative estimate of drug-likeness (QED) is 0.750. The Morgan fingerprint density at radius 3 is 2.67 bits per heavy atom. The zero-order valence-corrected chi connectivity index (χ0v) is 15.9. The van der Waals surface area contributed by atoms with E-state index in [9.17, 15) is 18.3 Å². The van der Waals surface area contributed by atoms with Gasteiger partial charge in [-0.3, -0.25) is 0 Å². The van der Waals surface area contributed by atoms with Crippen molar-refractivity contribution in [1.29, 1.82) is 0 Å². The van der Waals surface area contributed by atoms with Crippen molar-refractivity contribution in [3.63, 3.8) is 0 Å². The van der Waals surface area contributed by atoms with Crippen LogP contribution in [0, 0.1) is 6.92 Å². The number of aryl methyl sites for hydroxylation is 1. The van der Waals surface area contributed by atoms with E-state index in [1.807, 2.05) is 13.0 Å². The summed E-state index contributed by atoms with van der Waals surface area (Å²) in [4.78, 5) is 2.18. The highest BCUT2D eigenvalue weighted by Gasteiger charge is 2.29. The number of thioether (sulfide) groups is 1. The maximum Gasteiger partial charge on any atom is 0.446 e. The Labute approximate surface area is 160 Å². The number of likely N-dealkylation sites (tertiary alicyclic amines) is 1. The fraction of sp³-hybridized carbons (Fsp3) is 0.444. The van der Waals surface area contributed by atoms with Gasteiger partial charge in [-0.25, -0.2) is 0 Å². The fourth-order valence-electron chi connectivity index (χ4n) is 3.22. The lowest BCUT2D eigenvalue weighted by atomic mass is 10.1. The minimum Gasteiger partial charge on any atom is -0.507 e. The van der Waals surface area contributed by atoms with Crippen molar-refractivity contribution in [2.24, 2.45) is 0 Å². The lowest BCUT2D eigenvalue weighted by molar-refractivity contribution is -0.0328. The first-order chi connectivity index (χ1) is 12.7. The van der Waals surface area contributed by atoms with Crippen LogP contribution < -0.4 is 5.32 Å². The van der Waals surface area contributed by atoms with Gasteiger partial charge in [-0.15, -0.1) is 10.2 Å². The Balaban J connectivity index is 1.77. The van der Waals surface area contributed by atoms with E-state index in [4.69, 9.17) is 0 Å². The Morgan fingerprint density at radius 2 is 2.04 bits per heavy atom. The fourth-order valence-corrected chi connectivity index (χ4v) is 3.80. The van der Waals surface area contributed by atoms with Crippen LogP contribution >= 0.6 is 11.8 Å². The minimum absolute atomic E-state index is 0.0749.